The first-order chi connectivity index (χ1) is 14.8. The van der Waals surface area contributed by atoms with Crippen molar-refractivity contribution >= 4 is 50.9 Å². The molecule has 0 saturated carbocycles. The van der Waals surface area contributed by atoms with E-state index in [-0.39, 0.29) is 22.5 Å². The van der Waals surface area contributed by atoms with Gasteiger partial charge in [-0.15, -0.1) is 0 Å². The molecule has 0 aliphatic heterocycles. The van der Waals surface area contributed by atoms with Crippen LogP contribution >= 0.6 is 22.6 Å². The minimum atomic E-state index is -0.720. The Morgan fingerprint density at radius 1 is 1.29 bits per heavy atom. The lowest BCUT2D eigenvalue weighted by Crippen LogP contribution is -2.27. The van der Waals surface area contributed by atoms with Crippen LogP contribution in [0.1, 0.15) is 21.9 Å². The molecule has 10 heteroatoms. The summed E-state index contributed by atoms with van der Waals surface area (Å²) < 4.78 is 32.0. The lowest BCUT2D eigenvalue weighted by atomic mass is 10.1. The van der Waals surface area contributed by atoms with Gasteiger partial charge in [0, 0.05) is 29.8 Å². The largest absolute Gasteiger partial charge is 0.352 e. The molecule has 2 aromatic carbocycles. The minimum Gasteiger partial charge on any atom is -0.352 e. The number of nitrogens with zero attached hydrogens (tertiary/aromatic N) is 3. The fraction of sp³-hybridized carbons (Fsp3) is 0.190. The van der Waals surface area contributed by atoms with E-state index in [1.807, 2.05) is 29.5 Å². The number of aromatic nitrogens is 4. The Morgan fingerprint density at radius 3 is 2.81 bits per heavy atom. The van der Waals surface area contributed by atoms with Gasteiger partial charge in [0.1, 0.15) is 17.2 Å². The average Bonchev–Trinajstić information content (AvgIpc) is 3.31. The third kappa shape index (κ3) is 4.38. The normalized spacial score (nSPS) is 11.1. The van der Waals surface area contributed by atoms with Crippen LogP contribution < -0.4 is 10.6 Å². The molecular weight excluding hydrogens is 517 g/mol. The fourth-order valence-electron chi connectivity index (χ4n) is 3.23. The van der Waals surface area contributed by atoms with Crippen LogP contribution in [0.5, 0.6) is 0 Å². The first kappa shape index (κ1) is 21.2. The van der Waals surface area contributed by atoms with Gasteiger partial charge in [-0.1, -0.05) is 0 Å². The second-order valence-electron chi connectivity index (χ2n) is 7.08. The van der Waals surface area contributed by atoms with Crippen LogP contribution in [0.15, 0.2) is 36.8 Å². The summed E-state index contributed by atoms with van der Waals surface area (Å²) in [5.41, 5.74) is 1.40. The van der Waals surface area contributed by atoms with E-state index in [9.17, 15) is 9.18 Å². The highest BCUT2D eigenvalue weighted by molar-refractivity contribution is 14.1. The first-order valence-corrected chi connectivity index (χ1v) is 10.6. The van der Waals surface area contributed by atoms with Crippen molar-refractivity contribution in [3.8, 4) is 0 Å². The maximum absolute atomic E-state index is 15.3. The highest BCUT2D eigenvalue weighted by atomic mass is 127. The van der Waals surface area contributed by atoms with E-state index < -0.39 is 17.5 Å². The zero-order valence-corrected chi connectivity index (χ0v) is 18.9. The highest BCUT2D eigenvalue weighted by Gasteiger charge is 2.22. The number of anilines is 2. The molecule has 0 spiro atoms. The van der Waals surface area contributed by atoms with E-state index in [0.29, 0.717) is 22.1 Å². The van der Waals surface area contributed by atoms with Crippen molar-refractivity contribution in [2.75, 3.05) is 11.9 Å². The molecule has 2 aromatic heterocycles. The highest BCUT2D eigenvalue weighted by Crippen LogP contribution is 2.31. The minimum absolute atomic E-state index is 0.0576. The molecule has 0 atom stereocenters. The molecule has 31 heavy (non-hydrogen) atoms. The first-order valence-electron chi connectivity index (χ1n) is 9.48. The summed E-state index contributed by atoms with van der Waals surface area (Å²) in [6, 6.07) is 6.06. The molecule has 0 fully saturated rings. The number of benzene rings is 2. The summed E-state index contributed by atoms with van der Waals surface area (Å²) in [5.74, 6) is -1.01. The number of imidazole rings is 2. The molecule has 2 heterocycles. The standard InChI is InChI=1S/C21H19F2IN6O/c1-11-9-26-17(28-11)5-6-25-21(31)13-8-16-20(27-10-30(16)2)18(23)19(13)29-15-4-3-12(24)7-14(15)22/h3-4,7-10,29H,5-6H2,1-2H3,(H,25,31)(H,26,28). The molecule has 4 rings (SSSR count). The number of hydrogen-bond donors (Lipinski definition) is 3. The molecule has 0 radical (unpaired) electrons. The predicted molar refractivity (Wildman–Crippen MR) is 122 cm³/mol. The van der Waals surface area contributed by atoms with Gasteiger partial charge in [-0.2, -0.15) is 0 Å². The summed E-state index contributed by atoms with van der Waals surface area (Å²) in [5, 5.41) is 5.53. The van der Waals surface area contributed by atoms with Gasteiger partial charge in [0.15, 0.2) is 5.82 Å². The van der Waals surface area contributed by atoms with Crippen LogP contribution in [0.25, 0.3) is 11.0 Å². The Balaban J connectivity index is 1.67. The number of nitrogens with one attached hydrogen (secondary N) is 3. The van der Waals surface area contributed by atoms with E-state index in [0.717, 1.165) is 11.5 Å². The zero-order chi connectivity index (χ0) is 22.1. The Kier molecular flexibility index (Phi) is 5.90. The third-order valence-corrected chi connectivity index (χ3v) is 5.47. The van der Waals surface area contributed by atoms with Crippen LogP contribution in [0.2, 0.25) is 0 Å². The van der Waals surface area contributed by atoms with Gasteiger partial charge in [0.25, 0.3) is 5.91 Å². The second kappa shape index (κ2) is 8.61. The molecule has 0 saturated heterocycles. The van der Waals surface area contributed by atoms with Crippen molar-refractivity contribution in [1.82, 2.24) is 24.8 Å². The quantitative estimate of drug-likeness (QED) is 0.323. The van der Waals surface area contributed by atoms with Crippen LogP contribution in [0.4, 0.5) is 20.2 Å². The number of amides is 1. The Morgan fingerprint density at radius 2 is 2.10 bits per heavy atom. The number of carbonyl (C=O) groups excluding carboxylic acids is 1. The van der Waals surface area contributed by atoms with Crippen molar-refractivity contribution in [1.29, 1.82) is 0 Å². The number of carbonyl (C=O) groups is 1. The van der Waals surface area contributed by atoms with Gasteiger partial charge < -0.3 is 20.2 Å². The number of aromatic amines is 1. The number of halogens is 3. The van der Waals surface area contributed by atoms with Crippen molar-refractivity contribution in [3.63, 3.8) is 0 Å². The molecule has 1 amide bonds. The van der Waals surface area contributed by atoms with Crippen LogP contribution in [0, 0.1) is 22.1 Å². The molecule has 3 N–H and O–H groups in total. The second-order valence-corrected chi connectivity index (χ2v) is 8.33. The van der Waals surface area contributed by atoms with Gasteiger partial charge in [0.05, 0.1) is 34.5 Å². The summed E-state index contributed by atoms with van der Waals surface area (Å²) in [6.07, 6.45) is 3.73. The van der Waals surface area contributed by atoms with Crippen LogP contribution in [-0.2, 0) is 13.5 Å². The van der Waals surface area contributed by atoms with E-state index in [4.69, 9.17) is 0 Å². The molecule has 7 nitrogen and oxygen atoms in total. The van der Waals surface area contributed by atoms with E-state index >= 15 is 4.39 Å². The molecule has 160 valence electrons. The Labute approximate surface area is 190 Å². The molecule has 0 aliphatic rings. The molecule has 0 aliphatic carbocycles. The molecule has 4 aromatic rings. The predicted octanol–water partition coefficient (Wildman–Crippen LogP) is 4.20. The van der Waals surface area contributed by atoms with Gasteiger partial charge in [0.2, 0.25) is 0 Å². The average molecular weight is 536 g/mol. The van der Waals surface area contributed by atoms with Gasteiger partial charge in [-0.3, -0.25) is 4.79 Å². The topological polar surface area (TPSA) is 87.6 Å². The number of fused-ring (bicyclic) bond motifs is 1. The summed E-state index contributed by atoms with van der Waals surface area (Å²) in [6.45, 7) is 2.17. The lowest BCUT2D eigenvalue weighted by Gasteiger charge is -2.15. The van der Waals surface area contributed by atoms with Crippen molar-refractivity contribution in [3.05, 3.63) is 69.1 Å². The van der Waals surface area contributed by atoms with Crippen molar-refractivity contribution in [2.24, 2.45) is 7.05 Å². The van der Waals surface area contributed by atoms with E-state index in [2.05, 4.69) is 25.6 Å². The third-order valence-electron chi connectivity index (χ3n) is 4.80. The zero-order valence-electron chi connectivity index (χ0n) is 16.8. The maximum Gasteiger partial charge on any atom is 0.253 e. The molecular formula is C21H19F2IN6O. The SMILES string of the molecule is Cc1c[nH]c(CCNC(=O)c2cc3c(ncn3C)c(F)c2Nc2ccc(I)cc2F)n1. The van der Waals surface area contributed by atoms with E-state index in [1.54, 1.807) is 29.9 Å². The maximum atomic E-state index is 15.3. The number of rotatable bonds is 6. The van der Waals surface area contributed by atoms with Crippen LogP contribution in [0.3, 0.4) is 0 Å². The van der Waals surface area contributed by atoms with Crippen LogP contribution in [-0.4, -0.2) is 32.0 Å². The smallest absolute Gasteiger partial charge is 0.253 e. The molecule has 0 bridgehead atoms. The fourth-order valence-corrected chi connectivity index (χ4v) is 3.69. The van der Waals surface area contributed by atoms with Gasteiger partial charge in [-0.05, 0) is 53.8 Å². The van der Waals surface area contributed by atoms with E-state index in [1.165, 1.54) is 18.5 Å². The summed E-state index contributed by atoms with van der Waals surface area (Å²) >= 11 is 1.99. The summed E-state index contributed by atoms with van der Waals surface area (Å²) in [7, 11) is 1.71. The monoisotopic (exact) mass is 536 g/mol. The van der Waals surface area contributed by atoms with Crippen molar-refractivity contribution in [2.45, 2.75) is 13.3 Å². The van der Waals surface area contributed by atoms with Crippen molar-refractivity contribution < 1.29 is 13.6 Å². The number of hydrogen-bond acceptors (Lipinski definition) is 4. The van der Waals surface area contributed by atoms with Gasteiger partial charge in [-0.25, -0.2) is 18.7 Å². The number of aryl methyl sites for hydroxylation is 2. The lowest BCUT2D eigenvalue weighted by molar-refractivity contribution is 0.0954. The van der Waals surface area contributed by atoms with Gasteiger partial charge >= 0.3 is 0 Å². The Bertz CT molecular complexity index is 1280. The number of H-pyrrole nitrogens is 1. The molecule has 0 unspecified atom stereocenters. The summed E-state index contributed by atoms with van der Waals surface area (Å²) in [4.78, 5) is 24.3. The Hall–Kier alpha value is -3.02.